The first kappa shape index (κ1) is 19.5. The molecule has 0 spiro atoms. The van der Waals surface area contributed by atoms with Crippen LogP contribution in [-0.2, 0) is 6.54 Å². The van der Waals surface area contributed by atoms with Gasteiger partial charge in [0, 0.05) is 24.7 Å². The molecule has 0 unspecified atom stereocenters. The van der Waals surface area contributed by atoms with Crippen LogP contribution < -0.4 is 15.4 Å². The van der Waals surface area contributed by atoms with Crippen LogP contribution in [0.1, 0.15) is 46.5 Å². The van der Waals surface area contributed by atoms with Gasteiger partial charge in [-0.1, -0.05) is 26.0 Å². The lowest BCUT2D eigenvalue weighted by Crippen LogP contribution is -2.23. The number of benzene rings is 2. The second-order valence-corrected chi connectivity index (χ2v) is 6.51. The molecule has 0 aliphatic carbocycles. The van der Waals surface area contributed by atoms with E-state index in [1.54, 1.807) is 31.3 Å². The van der Waals surface area contributed by atoms with E-state index in [1.807, 2.05) is 24.3 Å². The topological polar surface area (TPSA) is 67.4 Å². The van der Waals surface area contributed by atoms with Gasteiger partial charge in [0.05, 0.1) is 6.61 Å². The van der Waals surface area contributed by atoms with Crippen LogP contribution in [0.2, 0.25) is 0 Å². The second kappa shape index (κ2) is 9.61. The number of hydrogen-bond donors (Lipinski definition) is 2. The lowest BCUT2D eigenvalue weighted by Gasteiger charge is -2.09. The summed E-state index contributed by atoms with van der Waals surface area (Å²) >= 11 is 0. The Morgan fingerprint density at radius 1 is 0.923 bits per heavy atom. The molecule has 5 nitrogen and oxygen atoms in total. The van der Waals surface area contributed by atoms with Crippen molar-refractivity contribution in [3.63, 3.8) is 0 Å². The van der Waals surface area contributed by atoms with Gasteiger partial charge in [-0.2, -0.15) is 0 Å². The number of hydrogen-bond acceptors (Lipinski definition) is 3. The zero-order valence-corrected chi connectivity index (χ0v) is 15.5. The Balaban J connectivity index is 1.84. The molecule has 2 amide bonds. The zero-order valence-electron chi connectivity index (χ0n) is 15.5. The first-order chi connectivity index (χ1) is 12.5. The number of carbonyl (C=O) groups is 2. The Labute approximate surface area is 154 Å². The summed E-state index contributed by atoms with van der Waals surface area (Å²) in [6.07, 6.45) is 1.00. The highest BCUT2D eigenvalue weighted by Gasteiger charge is 2.07. The van der Waals surface area contributed by atoms with Crippen LogP contribution in [0.5, 0.6) is 5.75 Å². The van der Waals surface area contributed by atoms with Gasteiger partial charge < -0.3 is 15.4 Å². The zero-order chi connectivity index (χ0) is 18.9. The van der Waals surface area contributed by atoms with Gasteiger partial charge in [0.2, 0.25) is 0 Å². The molecule has 2 rings (SSSR count). The molecule has 0 aliphatic rings. The van der Waals surface area contributed by atoms with Gasteiger partial charge in [0.15, 0.2) is 0 Å². The maximum absolute atomic E-state index is 12.2. The second-order valence-electron chi connectivity index (χ2n) is 6.51. The summed E-state index contributed by atoms with van der Waals surface area (Å²) in [5.41, 5.74) is 2.11. The molecule has 2 N–H and O–H groups in total. The molecule has 0 radical (unpaired) electrons. The normalized spacial score (nSPS) is 10.5. The van der Waals surface area contributed by atoms with Crippen molar-refractivity contribution in [2.45, 2.75) is 26.8 Å². The van der Waals surface area contributed by atoms with Crippen molar-refractivity contribution in [1.82, 2.24) is 10.6 Å². The van der Waals surface area contributed by atoms with Crippen LogP contribution in [0.15, 0.2) is 48.5 Å². The van der Waals surface area contributed by atoms with Crippen LogP contribution >= 0.6 is 0 Å². The average Bonchev–Trinajstić information content (AvgIpc) is 2.66. The van der Waals surface area contributed by atoms with Crippen molar-refractivity contribution in [3.05, 3.63) is 65.2 Å². The predicted molar refractivity (Wildman–Crippen MR) is 102 cm³/mol. The molecule has 138 valence electrons. The minimum Gasteiger partial charge on any atom is -0.494 e. The van der Waals surface area contributed by atoms with Crippen molar-refractivity contribution in [3.8, 4) is 5.75 Å². The molecule has 0 saturated carbocycles. The summed E-state index contributed by atoms with van der Waals surface area (Å²) in [4.78, 5) is 23.7. The Hall–Kier alpha value is -2.82. The van der Waals surface area contributed by atoms with E-state index in [-0.39, 0.29) is 11.8 Å². The fourth-order valence-corrected chi connectivity index (χ4v) is 2.32. The third-order valence-electron chi connectivity index (χ3n) is 3.98. The monoisotopic (exact) mass is 354 g/mol. The van der Waals surface area contributed by atoms with E-state index in [2.05, 4.69) is 24.5 Å². The molecule has 5 heteroatoms. The molecule has 2 aromatic rings. The molecule has 26 heavy (non-hydrogen) atoms. The first-order valence-corrected chi connectivity index (χ1v) is 8.81. The van der Waals surface area contributed by atoms with Crippen LogP contribution in [0.4, 0.5) is 0 Å². The van der Waals surface area contributed by atoms with Gasteiger partial charge >= 0.3 is 0 Å². The fraction of sp³-hybridized carbons (Fsp3) is 0.333. The van der Waals surface area contributed by atoms with E-state index >= 15 is 0 Å². The Morgan fingerprint density at radius 2 is 1.50 bits per heavy atom. The quantitative estimate of drug-likeness (QED) is 0.763. The van der Waals surface area contributed by atoms with Gasteiger partial charge in [-0.05, 0) is 54.3 Å². The highest BCUT2D eigenvalue weighted by Crippen LogP contribution is 2.13. The van der Waals surface area contributed by atoms with E-state index in [9.17, 15) is 9.59 Å². The summed E-state index contributed by atoms with van der Waals surface area (Å²) in [5.74, 6) is 1.10. The number of nitrogens with one attached hydrogen (secondary N) is 2. The van der Waals surface area contributed by atoms with E-state index in [4.69, 9.17) is 4.74 Å². The molecule has 0 aliphatic heterocycles. The lowest BCUT2D eigenvalue weighted by molar-refractivity contribution is 0.0946. The highest BCUT2D eigenvalue weighted by molar-refractivity contribution is 5.94. The molecule has 0 fully saturated rings. The summed E-state index contributed by atoms with van der Waals surface area (Å²) in [6.45, 7) is 5.39. The molecule has 2 aromatic carbocycles. The predicted octanol–water partition coefficient (Wildman–Crippen LogP) is 3.40. The Kier molecular flexibility index (Phi) is 7.21. The molecule has 0 heterocycles. The molecular formula is C21H26N2O3. The Bertz CT molecular complexity index is 722. The molecule has 0 saturated heterocycles. The largest absolute Gasteiger partial charge is 0.494 e. The summed E-state index contributed by atoms with van der Waals surface area (Å²) in [6, 6.07) is 14.3. The summed E-state index contributed by atoms with van der Waals surface area (Å²) in [5, 5.41) is 5.45. The molecule has 0 atom stereocenters. The summed E-state index contributed by atoms with van der Waals surface area (Å²) < 4.78 is 5.66. The summed E-state index contributed by atoms with van der Waals surface area (Å²) in [7, 11) is 1.59. The van der Waals surface area contributed by atoms with Gasteiger partial charge in [-0.15, -0.1) is 0 Å². The Morgan fingerprint density at radius 3 is 2.08 bits per heavy atom. The van der Waals surface area contributed by atoms with E-state index in [0.29, 0.717) is 30.2 Å². The van der Waals surface area contributed by atoms with Crippen LogP contribution in [0.3, 0.4) is 0 Å². The van der Waals surface area contributed by atoms with Gasteiger partial charge in [0.1, 0.15) is 5.75 Å². The van der Waals surface area contributed by atoms with E-state index in [1.165, 1.54) is 0 Å². The SMILES string of the molecule is CNC(=O)c1ccc(CNC(=O)c2ccc(OCCC(C)C)cc2)cc1. The van der Waals surface area contributed by atoms with Crippen molar-refractivity contribution < 1.29 is 14.3 Å². The van der Waals surface area contributed by atoms with Crippen LogP contribution in [0, 0.1) is 5.92 Å². The molecule has 0 aromatic heterocycles. The van der Waals surface area contributed by atoms with Crippen molar-refractivity contribution >= 4 is 11.8 Å². The third kappa shape index (κ3) is 5.92. The number of ether oxygens (including phenoxy) is 1. The fourth-order valence-electron chi connectivity index (χ4n) is 2.32. The van der Waals surface area contributed by atoms with E-state index < -0.39 is 0 Å². The molecular weight excluding hydrogens is 328 g/mol. The minimum atomic E-state index is -0.144. The van der Waals surface area contributed by atoms with Gasteiger partial charge in [-0.25, -0.2) is 0 Å². The average molecular weight is 354 g/mol. The van der Waals surface area contributed by atoms with Crippen LogP contribution in [-0.4, -0.2) is 25.5 Å². The smallest absolute Gasteiger partial charge is 0.251 e. The minimum absolute atomic E-state index is 0.128. The maximum Gasteiger partial charge on any atom is 0.251 e. The molecule has 0 bridgehead atoms. The lowest BCUT2D eigenvalue weighted by atomic mass is 10.1. The van der Waals surface area contributed by atoms with Crippen LogP contribution in [0.25, 0.3) is 0 Å². The van der Waals surface area contributed by atoms with E-state index in [0.717, 1.165) is 17.7 Å². The third-order valence-corrected chi connectivity index (χ3v) is 3.98. The maximum atomic E-state index is 12.2. The van der Waals surface area contributed by atoms with Crippen molar-refractivity contribution in [2.24, 2.45) is 5.92 Å². The van der Waals surface area contributed by atoms with Gasteiger partial charge in [0.25, 0.3) is 11.8 Å². The number of rotatable bonds is 8. The van der Waals surface area contributed by atoms with Gasteiger partial charge in [-0.3, -0.25) is 9.59 Å². The number of amides is 2. The highest BCUT2D eigenvalue weighted by atomic mass is 16.5. The van der Waals surface area contributed by atoms with Crippen molar-refractivity contribution in [2.75, 3.05) is 13.7 Å². The number of carbonyl (C=O) groups excluding carboxylic acids is 2. The van der Waals surface area contributed by atoms with Crippen molar-refractivity contribution in [1.29, 1.82) is 0 Å². The standard InChI is InChI=1S/C21H26N2O3/c1-15(2)12-13-26-19-10-8-18(9-11-19)21(25)23-14-16-4-6-17(7-5-16)20(24)22-3/h4-11,15H,12-14H2,1-3H3,(H,22,24)(H,23,25). The first-order valence-electron chi connectivity index (χ1n) is 8.81.